The number of amides is 1. The maximum atomic E-state index is 12.3. The Labute approximate surface area is 155 Å². The Morgan fingerprint density at radius 3 is 2.50 bits per heavy atom. The van der Waals surface area contributed by atoms with Crippen molar-refractivity contribution < 1.29 is 9.32 Å². The number of aromatic nitrogens is 1. The maximum Gasteiger partial charge on any atom is 0.240 e. The molecule has 0 aliphatic carbocycles. The molecule has 0 unspecified atom stereocenters. The number of nitrogens with one attached hydrogen (secondary N) is 1. The van der Waals surface area contributed by atoms with Crippen LogP contribution in [0.25, 0.3) is 0 Å². The lowest BCUT2D eigenvalue weighted by Gasteiger charge is -2.36. The van der Waals surface area contributed by atoms with E-state index in [2.05, 4.69) is 72.2 Å². The van der Waals surface area contributed by atoms with E-state index in [4.69, 9.17) is 4.52 Å². The van der Waals surface area contributed by atoms with Crippen LogP contribution in [0.3, 0.4) is 0 Å². The molecular formula is C20H28N4O2. The average Bonchev–Trinajstić information content (AvgIpc) is 3.05. The summed E-state index contributed by atoms with van der Waals surface area (Å²) < 4.78 is 5.23. The molecule has 6 heteroatoms. The van der Waals surface area contributed by atoms with Gasteiger partial charge in [-0.15, -0.1) is 0 Å². The van der Waals surface area contributed by atoms with Crippen LogP contribution in [-0.2, 0) is 10.2 Å². The van der Waals surface area contributed by atoms with Gasteiger partial charge in [-0.25, -0.2) is 0 Å². The van der Waals surface area contributed by atoms with Gasteiger partial charge >= 0.3 is 0 Å². The third-order valence-electron chi connectivity index (χ3n) is 4.74. The van der Waals surface area contributed by atoms with Crippen LogP contribution in [0, 0.1) is 6.92 Å². The first-order valence-corrected chi connectivity index (χ1v) is 9.13. The van der Waals surface area contributed by atoms with Crippen molar-refractivity contribution in [2.75, 3.05) is 42.9 Å². The zero-order valence-electron chi connectivity index (χ0n) is 16.1. The van der Waals surface area contributed by atoms with E-state index in [9.17, 15) is 4.79 Å². The number of nitrogens with zero attached hydrogens (tertiary/aromatic N) is 3. The van der Waals surface area contributed by atoms with Crippen LogP contribution in [0.2, 0.25) is 0 Å². The second-order valence-corrected chi connectivity index (χ2v) is 7.92. The molecule has 2 heterocycles. The topological polar surface area (TPSA) is 61.6 Å². The van der Waals surface area contributed by atoms with E-state index in [1.807, 2.05) is 0 Å². The van der Waals surface area contributed by atoms with E-state index in [0.29, 0.717) is 12.4 Å². The quantitative estimate of drug-likeness (QED) is 0.912. The lowest BCUT2D eigenvalue weighted by molar-refractivity contribution is -0.117. The van der Waals surface area contributed by atoms with Crippen molar-refractivity contribution in [1.82, 2.24) is 10.1 Å². The molecule has 1 N–H and O–H groups in total. The van der Waals surface area contributed by atoms with E-state index >= 15 is 0 Å². The van der Waals surface area contributed by atoms with E-state index in [0.717, 1.165) is 31.9 Å². The molecule has 1 amide bonds. The summed E-state index contributed by atoms with van der Waals surface area (Å²) in [7, 11) is 0. The number of rotatable bonds is 4. The zero-order valence-corrected chi connectivity index (χ0v) is 16.1. The molecular weight excluding hydrogens is 328 g/mol. The molecule has 0 atom stereocenters. The minimum Gasteiger partial charge on any atom is -0.369 e. The van der Waals surface area contributed by atoms with Crippen LogP contribution in [0.4, 0.5) is 11.6 Å². The van der Waals surface area contributed by atoms with Crippen LogP contribution in [0.1, 0.15) is 32.0 Å². The molecule has 1 aromatic carbocycles. The Morgan fingerprint density at radius 1 is 1.19 bits per heavy atom. The highest BCUT2D eigenvalue weighted by Gasteiger charge is 2.22. The first-order chi connectivity index (χ1) is 12.3. The second kappa shape index (κ2) is 7.50. The normalized spacial score (nSPS) is 15.9. The lowest BCUT2D eigenvalue weighted by atomic mass is 9.92. The van der Waals surface area contributed by atoms with Crippen LogP contribution in [0.5, 0.6) is 0 Å². The van der Waals surface area contributed by atoms with Crippen LogP contribution >= 0.6 is 0 Å². The molecule has 26 heavy (non-hydrogen) atoms. The number of aryl methyl sites for hydroxylation is 1. The summed E-state index contributed by atoms with van der Waals surface area (Å²) in [5, 5.41) is 6.84. The molecule has 0 spiro atoms. The Bertz CT molecular complexity index is 755. The van der Waals surface area contributed by atoms with Crippen LogP contribution in [-0.4, -0.2) is 48.7 Å². The highest BCUT2D eigenvalue weighted by Crippen LogP contribution is 2.24. The minimum absolute atomic E-state index is 0.0639. The molecule has 0 saturated carbocycles. The Balaban J connectivity index is 1.49. The molecule has 0 radical (unpaired) electrons. The van der Waals surface area contributed by atoms with Crippen LogP contribution in [0.15, 0.2) is 34.9 Å². The fourth-order valence-corrected chi connectivity index (χ4v) is 3.13. The predicted molar refractivity (Wildman–Crippen MR) is 104 cm³/mol. The number of carbonyl (C=O) groups excluding carboxylic acids is 1. The SMILES string of the molecule is Cc1ccccc1N1CCN(CC(=O)Nc2cc(C(C)(C)C)no2)CC1. The molecule has 1 fully saturated rings. The van der Waals surface area contributed by atoms with Crippen molar-refractivity contribution in [1.29, 1.82) is 0 Å². The van der Waals surface area contributed by atoms with E-state index in [1.165, 1.54) is 11.3 Å². The Kier molecular flexibility index (Phi) is 5.32. The predicted octanol–water partition coefficient (Wildman–Crippen LogP) is 3.04. The van der Waals surface area contributed by atoms with Gasteiger partial charge in [-0.2, -0.15) is 0 Å². The molecule has 0 bridgehead atoms. The summed E-state index contributed by atoms with van der Waals surface area (Å²) in [5.41, 5.74) is 3.31. The summed E-state index contributed by atoms with van der Waals surface area (Å²) in [6.45, 7) is 12.3. The monoisotopic (exact) mass is 356 g/mol. The van der Waals surface area contributed by atoms with Gasteiger partial charge in [-0.1, -0.05) is 44.1 Å². The second-order valence-electron chi connectivity index (χ2n) is 7.92. The van der Waals surface area contributed by atoms with E-state index < -0.39 is 0 Å². The van der Waals surface area contributed by atoms with Gasteiger partial charge in [-0.3, -0.25) is 15.0 Å². The summed E-state index contributed by atoms with van der Waals surface area (Å²) in [6.07, 6.45) is 0. The number of benzene rings is 1. The van der Waals surface area contributed by atoms with Gasteiger partial charge in [-0.05, 0) is 18.6 Å². The third-order valence-corrected chi connectivity index (χ3v) is 4.74. The summed E-state index contributed by atoms with van der Waals surface area (Å²) in [5.74, 6) is 0.351. The van der Waals surface area contributed by atoms with Gasteiger partial charge in [0, 0.05) is 43.3 Å². The van der Waals surface area contributed by atoms with E-state index in [-0.39, 0.29) is 11.3 Å². The molecule has 1 saturated heterocycles. The first-order valence-electron chi connectivity index (χ1n) is 9.13. The first kappa shape index (κ1) is 18.5. The fourth-order valence-electron chi connectivity index (χ4n) is 3.13. The highest BCUT2D eigenvalue weighted by atomic mass is 16.5. The minimum atomic E-state index is -0.0988. The van der Waals surface area contributed by atoms with Gasteiger partial charge in [0.25, 0.3) is 0 Å². The van der Waals surface area contributed by atoms with E-state index in [1.54, 1.807) is 6.07 Å². The summed E-state index contributed by atoms with van der Waals surface area (Å²) in [6, 6.07) is 10.2. The lowest BCUT2D eigenvalue weighted by Crippen LogP contribution is -2.48. The number of anilines is 2. The van der Waals surface area contributed by atoms with Gasteiger partial charge < -0.3 is 9.42 Å². The Morgan fingerprint density at radius 2 is 1.88 bits per heavy atom. The van der Waals surface area contributed by atoms with Crippen molar-refractivity contribution in [3.05, 3.63) is 41.6 Å². The largest absolute Gasteiger partial charge is 0.369 e. The average molecular weight is 356 g/mol. The Hall–Kier alpha value is -2.34. The number of hydrogen-bond donors (Lipinski definition) is 1. The number of hydrogen-bond acceptors (Lipinski definition) is 5. The number of carbonyl (C=O) groups is 1. The molecule has 1 aliphatic rings. The standard InChI is InChI=1S/C20H28N4O2/c1-15-7-5-6-8-16(15)24-11-9-23(10-12-24)14-18(25)21-19-13-17(22-26-19)20(2,3)4/h5-8,13H,9-12,14H2,1-4H3,(H,21,25). The fraction of sp³-hybridized carbons (Fsp3) is 0.500. The molecule has 6 nitrogen and oxygen atoms in total. The zero-order chi connectivity index (χ0) is 18.7. The molecule has 2 aromatic rings. The number of piperazine rings is 1. The van der Waals surface area contributed by atoms with Crippen LogP contribution < -0.4 is 10.2 Å². The maximum absolute atomic E-state index is 12.3. The molecule has 140 valence electrons. The molecule has 1 aromatic heterocycles. The van der Waals surface area contributed by atoms with Crippen molar-refractivity contribution in [2.45, 2.75) is 33.1 Å². The van der Waals surface area contributed by atoms with Gasteiger partial charge in [0.1, 0.15) is 0 Å². The summed E-state index contributed by atoms with van der Waals surface area (Å²) >= 11 is 0. The third kappa shape index (κ3) is 4.43. The van der Waals surface area contributed by atoms with Crippen molar-refractivity contribution in [3.63, 3.8) is 0 Å². The highest BCUT2D eigenvalue weighted by molar-refractivity contribution is 5.91. The van der Waals surface area contributed by atoms with Crippen molar-refractivity contribution in [3.8, 4) is 0 Å². The van der Waals surface area contributed by atoms with Crippen molar-refractivity contribution >= 4 is 17.5 Å². The van der Waals surface area contributed by atoms with Gasteiger partial charge in [0.2, 0.25) is 11.8 Å². The van der Waals surface area contributed by atoms with Gasteiger partial charge in [0.15, 0.2) is 0 Å². The summed E-state index contributed by atoms with van der Waals surface area (Å²) in [4.78, 5) is 16.8. The molecule has 1 aliphatic heterocycles. The van der Waals surface area contributed by atoms with Gasteiger partial charge in [0.05, 0.1) is 12.2 Å². The van der Waals surface area contributed by atoms with Crippen molar-refractivity contribution in [2.24, 2.45) is 0 Å². The smallest absolute Gasteiger partial charge is 0.240 e. The number of para-hydroxylation sites is 1. The molecule has 3 rings (SSSR count).